The molecule has 0 aromatic heterocycles. The molecule has 66 heavy (non-hydrogen) atoms. The van der Waals surface area contributed by atoms with E-state index in [9.17, 15) is 0 Å². The van der Waals surface area contributed by atoms with E-state index in [-0.39, 0.29) is 0 Å². The smallest absolute Gasteiger partial charge is 0.000717 e. The Hall–Kier alpha value is -8.58. The van der Waals surface area contributed by atoms with Crippen LogP contribution in [-0.2, 0) is 0 Å². The molecule has 300 valence electrons. The van der Waals surface area contributed by atoms with Crippen LogP contribution in [0.3, 0.4) is 0 Å². The van der Waals surface area contributed by atoms with Crippen LogP contribution < -0.4 is 0 Å². The highest BCUT2D eigenvalue weighted by Gasteiger charge is 2.31. The highest BCUT2D eigenvalue weighted by Crippen LogP contribution is 2.60. The Morgan fingerprint density at radius 1 is 0.136 bits per heavy atom. The minimum Gasteiger partial charge on any atom is -0.0622 e. The van der Waals surface area contributed by atoms with Crippen molar-refractivity contribution in [2.24, 2.45) is 0 Å². The maximum Gasteiger partial charge on any atom is -0.000717 e. The first kappa shape index (κ1) is 34.9. The Kier molecular flexibility index (Phi) is 6.64. The highest BCUT2D eigenvalue weighted by atomic mass is 14.3. The summed E-state index contributed by atoms with van der Waals surface area (Å²) in [6, 6.07) is 82.4. The average Bonchev–Trinajstić information content (AvgIpc) is 4.11. The number of fused-ring (bicyclic) bond motifs is 12. The van der Waals surface area contributed by atoms with Crippen LogP contribution >= 0.6 is 0 Å². The molecule has 0 radical (unpaired) electrons. The first-order valence-electron chi connectivity index (χ1n) is 23.2. The van der Waals surface area contributed by atoms with Gasteiger partial charge < -0.3 is 0 Å². The monoisotopic (exact) mass is 828 g/mol. The number of hydrogen-bond acceptors (Lipinski definition) is 0. The predicted octanol–water partition coefficient (Wildman–Crippen LogP) is 18.8. The number of rotatable bonds is 4. The van der Waals surface area contributed by atoms with Gasteiger partial charge >= 0.3 is 0 Å². The summed E-state index contributed by atoms with van der Waals surface area (Å²) in [5.41, 5.74) is 10.3. The van der Waals surface area contributed by atoms with E-state index in [1.807, 2.05) is 0 Å². The van der Waals surface area contributed by atoms with E-state index in [1.165, 1.54) is 163 Å². The van der Waals surface area contributed by atoms with Crippen LogP contribution in [0.25, 0.3) is 163 Å². The second-order valence-electron chi connectivity index (χ2n) is 18.5. The van der Waals surface area contributed by atoms with Crippen molar-refractivity contribution in [2.75, 3.05) is 0 Å². The van der Waals surface area contributed by atoms with Crippen molar-refractivity contribution in [3.05, 3.63) is 218 Å². The van der Waals surface area contributed by atoms with Gasteiger partial charge in [-0.05, 0) is 163 Å². The predicted molar refractivity (Wildman–Crippen MR) is 285 cm³/mol. The molecule has 0 saturated carbocycles. The van der Waals surface area contributed by atoms with Gasteiger partial charge in [-0.3, -0.25) is 0 Å². The lowest BCUT2D eigenvalue weighted by Crippen LogP contribution is -1.88. The molecule has 0 heterocycles. The molecular weight excluding hydrogens is 793 g/mol. The first-order chi connectivity index (χ1) is 32.8. The average molecular weight is 829 g/mol. The molecule has 0 amide bonds. The Labute approximate surface area is 379 Å². The Balaban J connectivity index is 1.21. The second kappa shape index (κ2) is 12.6. The van der Waals surface area contributed by atoms with Crippen LogP contribution in [0.2, 0.25) is 0 Å². The quantitative estimate of drug-likeness (QED) is 0.166. The van der Waals surface area contributed by atoms with E-state index < -0.39 is 0 Å². The summed E-state index contributed by atoms with van der Waals surface area (Å²) < 4.78 is 0. The van der Waals surface area contributed by atoms with Gasteiger partial charge in [-0.1, -0.05) is 218 Å². The fourth-order valence-electron chi connectivity index (χ4n) is 13.1. The molecule has 0 bridgehead atoms. The highest BCUT2D eigenvalue weighted by molar-refractivity contribution is 6.52. The van der Waals surface area contributed by atoms with Crippen molar-refractivity contribution in [3.63, 3.8) is 0 Å². The van der Waals surface area contributed by atoms with Gasteiger partial charge in [0.05, 0.1) is 0 Å². The molecule has 0 N–H and O–H groups in total. The second-order valence-corrected chi connectivity index (χ2v) is 18.5. The van der Waals surface area contributed by atoms with Gasteiger partial charge in [-0.25, -0.2) is 0 Å². The van der Waals surface area contributed by atoms with Gasteiger partial charge in [0.2, 0.25) is 0 Å². The van der Waals surface area contributed by atoms with Gasteiger partial charge in [0.25, 0.3) is 0 Å². The molecule has 0 heteroatoms. The van der Waals surface area contributed by atoms with Gasteiger partial charge in [0, 0.05) is 0 Å². The van der Waals surface area contributed by atoms with Gasteiger partial charge in [-0.2, -0.15) is 0 Å². The summed E-state index contributed by atoms with van der Waals surface area (Å²) >= 11 is 0. The molecule has 0 spiro atoms. The first-order valence-corrected chi connectivity index (χ1v) is 23.2. The summed E-state index contributed by atoms with van der Waals surface area (Å²) in [5.74, 6) is 0. The molecule has 16 rings (SSSR count). The summed E-state index contributed by atoms with van der Waals surface area (Å²) in [4.78, 5) is 0. The zero-order valence-corrected chi connectivity index (χ0v) is 35.8. The maximum atomic E-state index is 2.49. The van der Waals surface area contributed by atoms with E-state index >= 15 is 0 Å². The zero-order chi connectivity index (χ0) is 42.8. The molecule has 16 aromatic carbocycles. The maximum absolute atomic E-state index is 2.49. The molecule has 0 nitrogen and oxygen atoms in total. The number of hydrogen-bond donors (Lipinski definition) is 0. The van der Waals surface area contributed by atoms with Crippen molar-refractivity contribution >= 4 is 118 Å². The van der Waals surface area contributed by atoms with Crippen LogP contribution in [-0.4, -0.2) is 0 Å². The normalized spacial score (nSPS) is 12.5. The SMILES string of the molecule is c1ccc(-c2c3c4cccc5cccc(c3c(-c3ccccc3)c3c6ccc7c8c(-c9ccccc9)c9c%10cccc%11cccc(c9c(-c9ccccc9)c8c8ccc(c23)c6c87)c%11%10)c54)cc1. The van der Waals surface area contributed by atoms with Gasteiger partial charge in [0.1, 0.15) is 0 Å². The Morgan fingerprint density at radius 2 is 0.348 bits per heavy atom. The largest absolute Gasteiger partial charge is 0.0622 e. The van der Waals surface area contributed by atoms with Crippen molar-refractivity contribution in [2.45, 2.75) is 0 Å². The minimum absolute atomic E-state index is 1.25. The molecule has 0 saturated heterocycles. The Morgan fingerprint density at radius 3 is 0.576 bits per heavy atom. The molecular formula is C66H36. The fourth-order valence-corrected chi connectivity index (χ4v) is 13.1. The molecule has 0 aliphatic rings. The van der Waals surface area contributed by atoms with E-state index in [0.29, 0.717) is 0 Å². The summed E-state index contributed by atoms with van der Waals surface area (Å²) in [6.45, 7) is 0. The zero-order valence-electron chi connectivity index (χ0n) is 35.8. The fraction of sp³-hybridized carbons (Fsp3) is 0. The standard InChI is InChI=1S/C66H36/c1-5-17-39(18-6-1)53-59-43-29-13-25-37-26-14-30-44(51(37)43)60(59)54(40-19-7-2-8-20-40)64-48-35-36-50-58-49(34-33-47(57(48)58)63(53)64)65-55(41-21-9-3-10-22-41)61-45-31-15-27-38-28-16-32-46(52(38)45)62(61)56(66(50)65)42-23-11-4-12-24-42/h1-36H. The van der Waals surface area contributed by atoms with Crippen LogP contribution in [0.4, 0.5) is 0 Å². The summed E-state index contributed by atoms with van der Waals surface area (Å²) in [7, 11) is 0. The third-order valence-electron chi connectivity index (χ3n) is 15.4. The van der Waals surface area contributed by atoms with Crippen LogP contribution in [0.1, 0.15) is 0 Å². The van der Waals surface area contributed by atoms with Gasteiger partial charge in [0.15, 0.2) is 0 Å². The molecule has 0 aliphatic heterocycles. The van der Waals surface area contributed by atoms with Crippen LogP contribution in [0, 0.1) is 0 Å². The lowest BCUT2D eigenvalue weighted by molar-refractivity contribution is 1.68. The van der Waals surface area contributed by atoms with Crippen molar-refractivity contribution in [1.82, 2.24) is 0 Å². The van der Waals surface area contributed by atoms with E-state index in [4.69, 9.17) is 0 Å². The molecule has 0 atom stereocenters. The van der Waals surface area contributed by atoms with Crippen molar-refractivity contribution in [3.8, 4) is 44.5 Å². The van der Waals surface area contributed by atoms with Crippen molar-refractivity contribution in [1.29, 1.82) is 0 Å². The lowest BCUT2D eigenvalue weighted by atomic mass is 9.86. The third-order valence-corrected chi connectivity index (χ3v) is 15.4. The molecule has 0 unspecified atom stereocenters. The molecule has 0 aliphatic carbocycles. The minimum atomic E-state index is 1.25. The lowest BCUT2D eigenvalue weighted by Gasteiger charge is -2.16. The van der Waals surface area contributed by atoms with E-state index in [1.54, 1.807) is 0 Å². The number of benzene rings is 12. The summed E-state index contributed by atoms with van der Waals surface area (Å²) in [5, 5.41) is 29.3. The Bertz CT molecular complexity index is 4040. The third kappa shape index (κ3) is 4.21. The summed E-state index contributed by atoms with van der Waals surface area (Å²) in [6.07, 6.45) is 0. The van der Waals surface area contributed by atoms with Crippen LogP contribution in [0.15, 0.2) is 218 Å². The topological polar surface area (TPSA) is 0 Å². The molecule has 16 aromatic rings. The van der Waals surface area contributed by atoms with Gasteiger partial charge in [-0.15, -0.1) is 0 Å². The van der Waals surface area contributed by atoms with Crippen molar-refractivity contribution < 1.29 is 0 Å². The van der Waals surface area contributed by atoms with E-state index in [0.717, 1.165) is 0 Å². The van der Waals surface area contributed by atoms with Crippen LogP contribution in [0.5, 0.6) is 0 Å². The van der Waals surface area contributed by atoms with E-state index in [2.05, 4.69) is 218 Å². The molecule has 0 fully saturated rings.